The third kappa shape index (κ3) is 5.91. The molecule has 0 bridgehead atoms. The van der Waals surface area contributed by atoms with Gasteiger partial charge in [-0.1, -0.05) is 18.7 Å². The highest BCUT2D eigenvalue weighted by Gasteiger charge is 2.42. The van der Waals surface area contributed by atoms with E-state index in [1.54, 1.807) is 16.7 Å². The first-order chi connectivity index (χ1) is 23.7. The van der Waals surface area contributed by atoms with Crippen molar-refractivity contribution in [3.05, 3.63) is 76.5 Å². The van der Waals surface area contributed by atoms with Crippen LogP contribution in [0.5, 0.6) is 0 Å². The molecule has 2 atom stereocenters. The Balaban J connectivity index is 1.37. The van der Waals surface area contributed by atoms with Gasteiger partial charge in [0.2, 0.25) is 11.7 Å². The Labute approximate surface area is 284 Å². The summed E-state index contributed by atoms with van der Waals surface area (Å²) < 4.78 is 101. The van der Waals surface area contributed by atoms with Gasteiger partial charge in [-0.15, -0.1) is 22.0 Å². The van der Waals surface area contributed by atoms with E-state index in [-0.39, 0.29) is 96.0 Å². The number of nitrogens with zero attached hydrogens (tertiary/aromatic N) is 8. The van der Waals surface area contributed by atoms with Crippen LogP contribution in [-0.4, -0.2) is 84.5 Å². The highest BCUT2D eigenvalue weighted by molar-refractivity contribution is 7.99. The van der Waals surface area contributed by atoms with Gasteiger partial charge in [0.15, 0.2) is 0 Å². The van der Waals surface area contributed by atoms with Crippen LogP contribution in [0, 0.1) is 5.82 Å². The molecule has 0 unspecified atom stereocenters. The summed E-state index contributed by atoms with van der Waals surface area (Å²) in [5, 5.41) is 7.14. The molecule has 0 radical (unpaired) electrons. The summed E-state index contributed by atoms with van der Waals surface area (Å²) in [6, 6.07) is 4.59. The van der Waals surface area contributed by atoms with Gasteiger partial charge in [-0.25, -0.2) is 9.18 Å². The molecule has 264 valence electrons. The summed E-state index contributed by atoms with van der Waals surface area (Å²) in [5.74, 6) is -1.72. The van der Waals surface area contributed by atoms with E-state index >= 15 is 0 Å². The topological polar surface area (TPSA) is 92.4 Å². The number of alkyl halides is 6. The minimum absolute atomic E-state index is 0.0135. The lowest BCUT2D eigenvalue weighted by Gasteiger charge is -2.41. The fourth-order valence-electron chi connectivity index (χ4n) is 7.04. The molecule has 0 N–H and O–H groups in total. The van der Waals surface area contributed by atoms with Crippen molar-refractivity contribution in [3.63, 3.8) is 0 Å². The van der Waals surface area contributed by atoms with Crippen molar-refractivity contribution >= 4 is 34.4 Å². The number of hydrogen-bond donors (Lipinski definition) is 0. The highest BCUT2D eigenvalue weighted by Crippen LogP contribution is 2.50. The minimum Gasteiger partial charge on any atom is -0.350 e. The van der Waals surface area contributed by atoms with Crippen LogP contribution in [0.25, 0.3) is 22.0 Å². The average Bonchev–Trinajstić information content (AvgIpc) is 3.50. The number of benzene rings is 2. The molecule has 1 saturated heterocycles. The Hall–Kier alpha value is -4.45. The van der Waals surface area contributed by atoms with E-state index in [4.69, 9.17) is 0 Å². The molecule has 0 spiro atoms. The quantitative estimate of drug-likeness (QED) is 0.205. The van der Waals surface area contributed by atoms with E-state index in [0.717, 1.165) is 34.5 Å². The molecule has 1 fully saturated rings. The molecular formula is C32H29F7N8O2S. The van der Waals surface area contributed by atoms with E-state index in [9.17, 15) is 40.3 Å². The zero-order chi connectivity index (χ0) is 35.7. The summed E-state index contributed by atoms with van der Waals surface area (Å²) in [6.45, 7) is 6.25. The molecule has 1 amide bonds. The van der Waals surface area contributed by atoms with Crippen LogP contribution in [0.3, 0.4) is 0 Å². The second-order valence-corrected chi connectivity index (χ2v) is 13.5. The fourth-order valence-corrected chi connectivity index (χ4v) is 8.37. The zero-order valence-electron chi connectivity index (χ0n) is 26.4. The molecule has 2 aromatic heterocycles. The minimum atomic E-state index is -4.84. The van der Waals surface area contributed by atoms with Gasteiger partial charge in [0.05, 0.1) is 23.7 Å². The number of fused-ring (bicyclic) bond motifs is 1. The number of hydrogen-bond acceptors (Lipinski definition) is 8. The van der Waals surface area contributed by atoms with Crippen LogP contribution < -0.4 is 10.6 Å². The second-order valence-electron chi connectivity index (χ2n) is 12.4. The smallest absolute Gasteiger partial charge is 0.350 e. The van der Waals surface area contributed by atoms with E-state index in [2.05, 4.69) is 21.8 Å². The normalized spacial score (nSPS) is 19.9. The third-order valence-corrected chi connectivity index (χ3v) is 10.5. The molecule has 10 nitrogen and oxygen atoms in total. The van der Waals surface area contributed by atoms with Gasteiger partial charge in [0, 0.05) is 66.9 Å². The molecule has 18 heteroatoms. The van der Waals surface area contributed by atoms with Crippen molar-refractivity contribution < 1.29 is 35.5 Å². The van der Waals surface area contributed by atoms with Gasteiger partial charge >= 0.3 is 18.0 Å². The maximum absolute atomic E-state index is 14.9. The van der Waals surface area contributed by atoms with Crippen molar-refractivity contribution in [2.45, 2.75) is 49.3 Å². The molecule has 4 aromatic rings. The number of carbonyl (C=O) groups is 1. The number of carbonyl (C=O) groups excluding carboxylic acids is 1. The number of halogens is 7. The van der Waals surface area contributed by atoms with Crippen LogP contribution in [0.4, 0.5) is 36.6 Å². The SMILES string of the molecule is C=CC(=O)N1CCN(c2nc(=O)n3c4c(c(-c5ccc(F)cc5)c(C(F)(F)F)cc24)SC[C@@H]3CN2CCn3c(nnc3C(F)(F)F)C2)[C@@H](C)C1. The summed E-state index contributed by atoms with van der Waals surface area (Å²) in [4.78, 5) is 36.1. The van der Waals surface area contributed by atoms with Gasteiger partial charge in [-0.2, -0.15) is 31.3 Å². The van der Waals surface area contributed by atoms with E-state index in [1.165, 1.54) is 22.8 Å². The molecule has 7 rings (SSSR count). The summed E-state index contributed by atoms with van der Waals surface area (Å²) in [7, 11) is 0. The first kappa shape index (κ1) is 34.0. The largest absolute Gasteiger partial charge is 0.451 e. The molecule has 3 aliphatic rings. The summed E-state index contributed by atoms with van der Waals surface area (Å²) in [6.07, 6.45) is -8.34. The van der Waals surface area contributed by atoms with Crippen molar-refractivity contribution in [1.29, 1.82) is 0 Å². The summed E-state index contributed by atoms with van der Waals surface area (Å²) in [5.41, 5.74) is -1.54. The molecular weight excluding hydrogens is 693 g/mol. The fraction of sp³-hybridized carbons (Fsp3) is 0.406. The van der Waals surface area contributed by atoms with Crippen molar-refractivity contribution in [3.8, 4) is 11.1 Å². The van der Waals surface area contributed by atoms with Crippen LogP contribution in [-0.2, 0) is 30.2 Å². The van der Waals surface area contributed by atoms with Crippen molar-refractivity contribution in [2.75, 3.05) is 43.4 Å². The van der Waals surface area contributed by atoms with E-state index < -0.39 is 47.3 Å². The van der Waals surface area contributed by atoms with Gasteiger partial charge in [0.25, 0.3) is 0 Å². The monoisotopic (exact) mass is 722 g/mol. The lowest BCUT2D eigenvalue weighted by molar-refractivity contribution is -0.148. The molecule has 0 aliphatic carbocycles. The molecule has 3 aliphatic heterocycles. The van der Waals surface area contributed by atoms with Crippen molar-refractivity contribution in [2.24, 2.45) is 0 Å². The molecule has 50 heavy (non-hydrogen) atoms. The Bertz CT molecular complexity index is 2060. The number of anilines is 1. The Morgan fingerprint density at radius 3 is 2.44 bits per heavy atom. The van der Waals surface area contributed by atoms with Crippen molar-refractivity contribution in [1.82, 2.24) is 34.1 Å². The lowest BCUT2D eigenvalue weighted by atomic mass is 9.95. The number of piperazine rings is 1. The third-order valence-electron chi connectivity index (χ3n) is 9.31. The Kier molecular flexibility index (Phi) is 8.44. The first-order valence-electron chi connectivity index (χ1n) is 15.6. The van der Waals surface area contributed by atoms with E-state index in [1.807, 2.05) is 4.90 Å². The van der Waals surface area contributed by atoms with Gasteiger partial charge in [0.1, 0.15) is 17.5 Å². The maximum atomic E-state index is 14.9. The molecule has 0 saturated carbocycles. The zero-order valence-corrected chi connectivity index (χ0v) is 27.2. The average molecular weight is 723 g/mol. The number of rotatable bonds is 5. The van der Waals surface area contributed by atoms with Gasteiger partial charge in [-0.05, 0) is 36.8 Å². The van der Waals surface area contributed by atoms with Gasteiger partial charge in [-0.3, -0.25) is 14.3 Å². The Morgan fingerprint density at radius 2 is 1.78 bits per heavy atom. The first-order valence-corrected chi connectivity index (χ1v) is 16.6. The highest BCUT2D eigenvalue weighted by atomic mass is 32.2. The van der Waals surface area contributed by atoms with Gasteiger partial charge < -0.3 is 14.4 Å². The second kappa shape index (κ2) is 12.4. The van der Waals surface area contributed by atoms with Crippen LogP contribution in [0.15, 0.2) is 52.7 Å². The number of thioether (sulfide) groups is 1. The predicted molar refractivity (Wildman–Crippen MR) is 170 cm³/mol. The summed E-state index contributed by atoms with van der Waals surface area (Å²) >= 11 is 1.13. The standard InChI is InChI=1S/C32H29F7N8O2S/c1-3-24(48)44-9-11-45(17(2)13-44)28-21-12-22(31(34,35)36)25(18-4-6-19(33)7-5-18)27-26(21)47(30(49)40-28)20(16-50-27)14-43-8-10-46-23(15-43)41-42-29(46)32(37,38)39/h3-7,12,17,20H,1,8-11,13-16H2,2H3/t17-,20-/m0/s1. The van der Waals surface area contributed by atoms with Crippen LogP contribution in [0.2, 0.25) is 0 Å². The van der Waals surface area contributed by atoms with E-state index in [0.29, 0.717) is 0 Å². The maximum Gasteiger partial charge on any atom is 0.451 e. The lowest BCUT2D eigenvalue weighted by Crippen LogP contribution is -2.54. The molecule has 2 aromatic carbocycles. The number of aromatic nitrogens is 5. The molecule has 5 heterocycles. The predicted octanol–water partition coefficient (Wildman–Crippen LogP) is 5.22. The Morgan fingerprint density at radius 1 is 1.04 bits per heavy atom. The van der Waals surface area contributed by atoms with Crippen LogP contribution >= 0.6 is 11.8 Å². The van der Waals surface area contributed by atoms with Crippen LogP contribution in [0.1, 0.15) is 30.2 Å². The number of amides is 1.